The van der Waals surface area contributed by atoms with Gasteiger partial charge in [-0.05, 0) is 48.5 Å². The molecule has 10 heteroatoms. The van der Waals surface area contributed by atoms with Crippen LogP contribution in [0.15, 0.2) is 48.5 Å². The summed E-state index contributed by atoms with van der Waals surface area (Å²) in [4.78, 5) is 15.2. The van der Waals surface area contributed by atoms with Crippen LogP contribution in [0, 0.1) is 34.9 Å². The quantitative estimate of drug-likeness (QED) is 0.331. The van der Waals surface area contributed by atoms with Crippen molar-refractivity contribution in [3.05, 3.63) is 89.0 Å². The van der Waals surface area contributed by atoms with Crippen molar-refractivity contribution in [1.82, 2.24) is 0 Å². The zero-order valence-corrected chi connectivity index (χ0v) is 17.0. The number of hydrogen-bond donors (Lipinski definition) is 1. The summed E-state index contributed by atoms with van der Waals surface area (Å²) in [5, 5.41) is 2.69. The van der Waals surface area contributed by atoms with Crippen LogP contribution in [0.4, 0.5) is 43.4 Å². The number of nitrogens with zero attached hydrogens (tertiary/aromatic N) is 2. The molecule has 1 fully saturated rings. The minimum atomic E-state index is -2.18. The lowest BCUT2D eigenvalue weighted by Crippen LogP contribution is -2.47. The van der Waals surface area contributed by atoms with Crippen molar-refractivity contribution in [2.75, 3.05) is 41.3 Å². The van der Waals surface area contributed by atoms with E-state index >= 15 is 0 Å². The van der Waals surface area contributed by atoms with Crippen LogP contribution in [0.25, 0.3) is 0 Å². The lowest BCUT2D eigenvalue weighted by molar-refractivity contribution is 0.102. The van der Waals surface area contributed by atoms with Crippen LogP contribution in [0.2, 0.25) is 0 Å². The summed E-state index contributed by atoms with van der Waals surface area (Å²) >= 11 is 0. The van der Waals surface area contributed by atoms with E-state index in [0.717, 1.165) is 10.6 Å². The lowest BCUT2D eigenvalue weighted by Gasteiger charge is -2.37. The Bertz CT molecular complexity index is 1150. The van der Waals surface area contributed by atoms with Gasteiger partial charge in [-0.3, -0.25) is 4.79 Å². The van der Waals surface area contributed by atoms with Crippen molar-refractivity contribution in [3.8, 4) is 0 Å². The van der Waals surface area contributed by atoms with Gasteiger partial charge in [0.2, 0.25) is 5.82 Å². The van der Waals surface area contributed by atoms with E-state index < -0.39 is 46.5 Å². The smallest absolute Gasteiger partial charge is 0.255 e. The van der Waals surface area contributed by atoms with E-state index in [-0.39, 0.29) is 26.2 Å². The highest BCUT2D eigenvalue weighted by Gasteiger charge is 2.30. The summed E-state index contributed by atoms with van der Waals surface area (Å²) in [6, 6.07) is 11.9. The number of rotatable bonds is 4. The predicted molar refractivity (Wildman–Crippen MR) is 111 cm³/mol. The van der Waals surface area contributed by atoms with Gasteiger partial charge >= 0.3 is 0 Å². The van der Waals surface area contributed by atoms with Gasteiger partial charge < -0.3 is 15.1 Å². The van der Waals surface area contributed by atoms with Crippen LogP contribution in [0.5, 0.6) is 0 Å². The van der Waals surface area contributed by atoms with Crippen LogP contribution in [-0.2, 0) is 0 Å². The summed E-state index contributed by atoms with van der Waals surface area (Å²) in [6.07, 6.45) is 0. The number of amides is 1. The maximum absolute atomic E-state index is 14.1. The summed E-state index contributed by atoms with van der Waals surface area (Å²) < 4.78 is 81.4. The first-order valence-electron chi connectivity index (χ1n) is 9.94. The summed E-state index contributed by atoms with van der Waals surface area (Å²) in [7, 11) is 0. The Morgan fingerprint density at radius 2 is 1.12 bits per heavy atom. The van der Waals surface area contributed by atoms with Crippen molar-refractivity contribution in [2.24, 2.45) is 0 Å². The molecule has 1 aliphatic rings. The minimum absolute atomic E-state index is 0.0431. The van der Waals surface area contributed by atoms with Crippen molar-refractivity contribution >= 4 is 23.0 Å². The van der Waals surface area contributed by atoms with Crippen LogP contribution >= 0.6 is 0 Å². The standard InChI is InChI=1S/C23H17F6N3O/c24-14-3-1-13(2-4-14)23(33)30-15-5-7-16(8-6-15)31-9-11-32(12-10-31)22-20(28)18(26)17(25)19(27)21(22)29/h1-8H,9-12H2,(H,30,33). The van der Waals surface area contributed by atoms with E-state index in [4.69, 9.17) is 0 Å². The number of anilines is 3. The highest BCUT2D eigenvalue weighted by atomic mass is 19.2. The number of halogens is 6. The first kappa shape index (κ1) is 22.5. The van der Waals surface area contributed by atoms with Gasteiger partial charge in [0.05, 0.1) is 0 Å². The average Bonchev–Trinajstić information content (AvgIpc) is 2.83. The summed E-state index contributed by atoms with van der Waals surface area (Å²) in [6.45, 7) is 0.643. The number of benzene rings is 3. The molecule has 1 amide bonds. The number of carbonyl (C=O) groups is 1. The molecule has 33 heavy (non-hydrogen) atoms. The first-order chi connectivity index (χ1) is 15.8. The Hall–Kier alpha value is -3.69. The minimum Gasteiger partial charge on any atom is -0.368 e. The van der Waals surface area contributed by atoms with Crippen molar-refractivity contribution < 1.29 is 31.1 Å². The average molecular weight is 465 g/mol. The maximum Gasteiger partial charge on any atom is 0.255 e. The zero-order chi connectivity index (χ0) is 23.7. The molecule has 1 saturated heterocycles. The number of nitrogens with one attached hydrogen (secondary N) is 1. The highest BCUT2D eigenvalue weighted by Crippen LogP contribution is 2.31. The van der Waals surface area contributed by atoms with Gasteiger partial charge in [0.15, 0.2) is 23.3 Å². The SMILES string of the molecule is O=C(Nc1ccc(N2CCN(c3c(F)c(F)c(F)c(F)c3F)CC2)cc1)c1ccc(F)cc1. The third-order valence-electron chi connectivity index (χ3n) is 5.38. The predicted octanol–water partition coefficient (Wildman–Crippen LogP) is 5.10. The van der Waals surface area contributed by atoms with Gasteiger partial charge in [0.25, 0.3) is 5.91 Å². The van der Waals surface area contributed by atoms with Crippen LogP contribution in [0.1, 0.15) is 10.4 Å². The third kappa shape index (κ3) is 4.46. The fraction of sp³-hybridized carbons (Fsp3) is 0.174. The van der Waals surface area contributed by atoms with Crippen LogP contribution in [-0.4, -0.2) is 32.1 Å². The lowest BCUT2D eigenvalue weighted by atomic mass is 10.1. The number of carbonyl (C=O) groups excluding carboxylic acids is 1. The molecule has 0 aliphatic carbocycles. The van der Waals surface area contributed by atoms with E-state index in [1.165, 1.54) is 24.3 Å². The third-order valence-corrected chi connectivity index (χ3v) is 5.38. The fourth-order valence-corrected chi connectivity index (χ4v) is 3.62. The van der Waals surface area contributed by atoms with E-state index in [1.807, 2.05) is 4.90 Å². The Balaban J connectivity index is 1.41. The molecule has 172 valence electrons. The van der Waals surface area contributed by atoms with Gasteiger partial charge in [-0.2, -0.15) is 0 Å². The molecule has 4 nitrogen and oxygen atoms in total. The van der Waals surface area contributed by atoms with Gasteiger partial charge in [-0.25, -0.2) is 26.3 Å². The maximum atomic E-state index is 14.1. The second-order valence-electron chi connectivity index (χ2n) is 7.40. The number of piperazine rings is 1. The molecule has 4 rings (SSSR count). The van der Waals surface area contributed by atoms with Crippen molar-refractivity contribution in [3.63, 3.8) is 0 Å². The molecule has 0 bridgehead atoms. The van der Waals surface area contributed by atoms with E-state index in [1.54, 1.807) is 24.3 Å². The second kappa shape index (κ2) is 9.05. The molecular weight excluding hydrogens is 448 g/mol. The van der Waals surface area contributed by atoms with Crippen LogP contribution < -0.4 is 15.1 Å². The molecular formula is C23H17F6N3O. The fourth-order valence-electron chi connectivity index (χ4n) is 3.62. The number of hydrogen-bond acceptors (Lipinski definition) is 3. The summed E-state index contributed by atoms with van der Waals surface area (Å²) in [5.41, 5.74) is 0.634. The zero-order valence-electron chi connectivity index (χ0n) is 17.0. The van der Waals surface area contributed by atoms with Gasteiger partial charge in [0.1, 0.15) is 11.5 Å². The molecule has 0 saturated carbocycles. The molecule has 1 N–H and O–H groups in total. The molecule has 0 unspecified atom stereocenters. The molecule has 0 aromatic heterocycles. The Labute approximate surface area is 185 Å². The van der Waals surface area contributed by atoms with Crippen molar-refractivity contribution in [2.45, 2.75) is 0 Å². The van der Waals surface area contributed by atoms with Crippen molar-refractivity contribution in [1.29, 1.82) is 0 Å². The topological polar surface area (TPSA) is 35.6 Å². The highest BCUT2D eigenvalue weighted by molar-refractivity contribution is 6.04. The van der Waals surface area contributed by atoms with E-state index in [9.17, 15) is 31.1 Å². The molecule has 3 aromatic rings. The second-order valence-corrected chi connectivity index (χ2v) is 7.40. The Kier molecular flexibility index (Phi) is 6.17. The normalized spacial score (nSPS) is 13.9. The Morgan fingerprint density at radius 3 is 1.67 bits per heavy atom. The Morgan fingerprint density at radius 1 is 0.636 bits per heavy atom. The summed E-state index contributed by atoms with van der Waals surface area (Å²) in [5.74, 6) is -10.7. The molecule has 1 aliphatic heterocycles. The van der Waals surface area contributed by atoms with Crippen LogP contribution in [0.3, 0.4) is 0 Å². The largest absolute Gasteiger partial charge is 0.368 e. The molecule has 0 atom stereocenters. The molecule has 0 spiro atoms. The van der Waals surface area contributed by atoms with Gasteiger partial charge in [-0.1, -0.05) is 0 Å². The van der Waals surface area contributed by atoms with Gasteiger partial charge in [0, 0.05) is 43.1 Å². The monoisotopic (exact) mass is 465 g/mol. The van der Waals surface area contributed by atoms with E-state index in [2.05, 4.69) is 5.32 Å². The molecule has 0 radical (unpaired) electrons. The van der Waals surface area contributed by atoms with E-state index in [0.29, 0.717) is 11.3 Å². The first-order valence-corrected chi connectivity index (χ1v) is 9.94. The van der Waals surface area contributed by atoms with Gasteiger partial charge in [-0.15, -0.1) is 0 Å². The molecule has 1 heterocycles. The molecule has 3 aromatic carbocycles.